The van der Waals surface area contributed by atoms with Crippen molar-refractivity contribution in [1.29, 1.82) is 0 Å². The summed E-state index contributed by atoms with van der Waals surface area (Å²) in [6.07, 6.45) is -0.0983. The maximum atomic E-state index is 12.9. The van der Waals surface area contributed by atoms with E-state index in [-0.39, 0.29) is 17.8 Å². The normalized spacial score (nSPS) is 10.5. The molecule has 0 bridgehead atoms. The minimum absolute atomic E-state index is 0.0800. The summed E-state index contributed by atoms with van der Waals surface area (Å²) >= 11 is 0. The zero-order valence-electron chi connectivity index (χ0n) is 8.89. The minimum Gasteiger partial charge on any atom is -0.294 e. The van der Waals surface area contributed by atoms with E-state index in [1.54, 1.807) is 7.05 Å². The predicted octanol–water partition coefficient (Wildman–Crippen LogP) is 0.914. The number of hydrogen-bond acceptors (Lipinski definition) is 4. The van der Waals surface area contributed by atoms with E-state index in [1.807, 2.05) is 0 Å². The van der Waals surface area contributed by atoms with E-state index in [9.17, 15) is 13.6 Å². The standard InChI is InChI=1S/C10H8F2N4O/c1-16-14-10(13-15-16)5-9(17)6-2-3-7(11)8(12)4-6/h2-4H,5H2,1H3. The van der Waals surface area contributed by atoms with Crippen molar-refractivity contribution in [2.24, 2.45) is 7.05 Å². The van der Waals surface area contributed by atoms with E-state index in [0.717, 1.165) is 12.1 Å². The van der Waals surface area contributed by atoms with E-state index in [0.29, 0.717) is 0 Å². The highest BCUT2D eigenvalue weighted by Crippen LogP contribution is 2.10. The number of aromatic nitrogens is 4. The number of ketones is 1. The third kappa shape index (κ3) is 2.49. The van der Waals surface area contributed by atoms with E-state index in [1.165, 1.54) is 10.9 Å². The van der Waals surface area contributed by atoms with Gasteiger partial charge in [0.25, 0.3) is 0 Å². The lowest BCUT2D eigenvalue weighted by atomic mass is 10.1. The summed E-state index contributed by atoms with van der Waals surface area (Å²) in [5.41, 5.74) is 0.0800. The SMILES string of the molecule is Cn1nnc(CC(=O)c2ccc(F)c(F)c2)n1. The lowest BCUT2D eigenvalue weighted by Gasteiger charge is -1.98. The van der Waals surface area contributed by atoms with Crippen LogP contribution in [-0.2, 0) is 13.5 Å². The first-order valence-corrected chi connectivity index (χ1v) is 4.77. The monoisotopic (exact) mass is 238 g/mol. The van der Waals surface area contributed by atoms with Crippen molar-refractivity contribution in [2.45, 2.75) is 6.42 Å². The van der Waals surface area contributed by atoms with Crippen molar-refractivity contribution < 1.29 is 13.6 Å². The topological polar surface area (TPSA) is 60.7 Å². The van der Waals surface area contributed by atoms with E-state index in [2.05, 4.69) is 15.4 Å². The first kappa shape index (κ1) is 11.3. The molecule has 2 rings (SSSR count). The molecule has 1 heterocycles. The minimum atomic E-state index is -1.05. The maximum Gasteiger partial charge on any atom is 0.182 e. The Labute approximate surface area is 95.1 Å². The Morgan fingerprint density at radius 3 is 2.71 bits per heavy atom. The summed E-state index contributed by atoms with van der Waals surface area (Å²) in [5, 5.41) is 11.0. The number of tetrazole rings is 1. The molecule has 0 amide bonds. The molecule has 1 aromatic carbocycles. The van der Waals surface area contributed by atoms with Gasteiger partial charge in [-0.2, -0.15) is 4.80 Å². The number of carbonyl (C=O) groups is 1. The predicted molar refractivity (Wildman–Crippen MR) is 53.2 cm³/mol. The number of Topliss-reactive ketones (excluding diaryl/α,β-unsaturated/α-hetero) is 1. The molecule has 17 heavy (non-hydrogen) atoms. The van der Waals surface area contributed by atoms with Crippen LogP contribution in [0.15, 0.2) is 18.2 Å². The van der Waals surface area contributed by atoms with Gasteiger partial charge in [-0.25, -0.2) is 8.78 Å². The van der Waals surface area contributed by atoms with Gasteiger partial charge in [0, 0.05) is 5.56 Å². The molecule has 7 heteroatoms. The van der Waals surface area contributed by atoms with Crippen LogP contribution in [0.1, 0.15) is 16.2 Å². The fraction of sp³-hybridized carbons (Fsp3) is 0.200. The van der Waals surface area contributed by atoms with E-state index >= 15 is 0 Å². The highest BCUT2D eigenvalue weighted by atomic mass is 19.2. The second kappa shape index (κ2) is 4.36. The number of carbonyl (C=O) groups excluding carboxylic acids is 1. The van der Waals surface area contributed by atoms with Crippen LogP contribution < -0.4 is 0 Å². The van der Waals surface area contributed by atoms with Gasteiger partial charge in [0.1, 0.15) is 0 Å². The second-order valence-corrected chi connectivity index (χ2v) is 3.42. The Kier molecular flexibility index (Phi) is 2.90. The average Bonchev–Trinajstić information content (AvgIpc) is 2.68. The first-order valence-electron chi connectivity index (χ1n) is 4.77. The molecule has 0 aliphatic heterocycles. The number of halogens is 2. The number of nitrogens with zero attached hydrogens (tertiary/aromatic N) is 4. The zero-order chi connectivity index (χ0) is 12.4. The smallest absolute Gasteiger partial charge is 0.182 e. The molecule has 0 aliphatic rings. The molecule has 0 saturated heterocycles. The number of rotatable bonds is 3. The zero-order valence-corrected chi connectivity index (χ0v) is 8.89. The van der Waals surface area contributed by atoms with Crippen LogP contribution in [0.4, 0.5) is 8.78 Å². The van der Waals surface area contributed by atoms with Crippen LogP contribution in [0.25, 0.3) is 0 Å². The average molecular weight is 238 g/mol. The quantitative estimate of drug-likeness (QED) is 0.746. The van der Waals surface area contributed by atoms with Gasteiger partial charge in [0.15, 0.2) is 23.2 Å². The Bertz CT molecular complexity index is 567. The maximum absolute atomic E-state index is 12.9. The fourth-order valence-electron chi connectivity index (χ4n) is 1.31. The summed E-state index contributed by atoms with van der Waals surface area (Å²) in [5.74, 6) is -2.19. The van der Waals surface area contributed by atoms with Crippen LogP contribution in [0.2, 0.25) is 0 Å². The molecular formula is C10H8F2N4O. The molecule has 0 saturated carbocycles. The number of aryl methyl sites for hydroxylation is 1. The summed E-state index contributed by atoms with van der Waals surface area (Å²) < 4.78 is 25.6. The van der Waals surface area contributed by atoms with Gasteiger partial charge in [0.05, 0.1) is 13.5 Å². The summed E-state index contributed by atoms with van der Waals surface area (Å²) in [7, 11) is 1.57. The van der Waals surface area contributed by atoms with Gasteiger partial charge < -0.3 is 0 Å². The van der Waals surface area contributed by atoms with Gasteiger partial charge in [-0.3, -0.25) is 4.79 Å². The molecule has 5 nitrogen and oxygen atoms in total. The van der Waals surface area contributed by atoms with Crippen molar-refractivity contribution in [2.75, 3.05) is 0 Å². The van der Waals surface area contributed by atoms with Gasteiger partial charge in [-0.05, 0) is 23.4 Å². The van der Waals surface area contributed by atoms with Gasteiger partial charge >= 0.3 is 0 Å². The molecule has 0 unspecified atom stereocenters. The third-order valence-corrected chi connectivity index (χ3v) is 2.11. The summed E-state index contributed by atoms with van der Waals surface area (Å²) in [6.45, 7) is 0. The highest BCUT2D eigenvalue weighted by Gasteiger charge is 2.13. The molecule has 2 aromatic rings. The summed E-state index contributed by atoms with van der Waals surface area (Å²) in [6, 6.07) is 2.98. The van der Waals surface area contributed by atoms with Crippen LogP contribution in [0.3, 0.4) is 0 Å². The molecule has 0 spiro atoms. The van der Waals surface area contributed by atoms with E-state index < -0.39 is 17.4 Å². The molecule has 1 aromatic heterocycles. The Balaban J connectivity index is 2.17. The lowest BCUT2D eigenvalue weighted by Crippen LogP contribution is -2.06. The highest BCUT2D eigenvalue weighted by molar-refractivity contribution is 5.97. The number of benzene rings is 1. The fourth-order valence-corrected chi connectivity index (χ4v) is 1.31. The van der Waals surface area contributed by atoms with Crippen molar-refractivity contribution in [3.63, 3.8) is 0 Å². The molecule has 0 N–H and O–H groups in total. The Morgan fingerprint density at radius 1 is 1.35 bits per heavy atom. The second-order valence-electron chi connectivity index (χ2n) is 3.42. The largest absolute Gasteiger partial charge is 0.294 e. The third-order valence-electron chi connectivity index (χ3n) is 2.11. The van der Waals surface area contributed by atoms with Crippen molar-refractivity contribution >= 4 is 5.78 Å². The summed E-state index contributed by atoms with van der Waals surface area (Å²) in [4.78, 5) is 12.9. The Hall–Kier alpha value is -2.18. The van der Waals surface area contributed by atoms with Crippen molar-refractivity contribution in [3.05, 3.63) is 41.2 Å². The molecular weight excluding hydrogens is 230 g/mol. The van der Waals surface area contributed by atoms with Crippen molar-refractivity contribution in [1.82, 2.24) is 20.2 Å². The molecule has 0 fully saturated rings. The van der Waals surface area contributed by atoms with Crippen LogP contribution >= 0.6 is 0 Å². The molecule has 0 radical (unpaired) electrons. The van der Waals surface area contributed by atoms with Gasteiger partial charge in [0.2, 0.25) is 0 Å². The van der Waals surface area contributed by atoms with Crippen LogP contribution in [-0.4, -0.2) is 26.0 Å². The van der Waals surface area contributed by atoms with Crippen LogP contribution in [0.5, 0.6) is 0 Å². The Morgan fingerprint density at radius 2 is 2.12 bits per heavy atom. The van der Waals surface area contributed by atoms with Crippen molar-refractivity contribution in [3.8, 4) is 0 Å². The lowest BCUT2D eigenvalue weighted by molar-refractivity contribution is 0.0990. The molecule has 88 valence electrons. The van der Waals surface area contributed by atoms with Gasteiger partial charge in [-0.1, -0.05) is 0 Å². The van der Waals surface area contributed by atoms with E-state index in [4.69, 9.17) is 0 Å². The number of hydrogen-bond donors (Lipinski definition) is 0. The molecule has 0 atom stereocenters. The molecule has 0 aliphatic carbocycles. The first-order chi connectivity index (χ1) is 8.06. The van der Waals surface area contributed by atoms with Crippen LogP contribution in [0, 0.1) is 11.6 Å². The van der Waals surface area contributed by atoms with Gasteiger partial charge in [-0.15, -0.1) is 10.2 Å².